The third kappa shape index (κ3) is 5.01. The van der Waals surface area contributed by atoms with Crippen LogP contribution in [0.5, 0.6) is 0 Å². The zero-order chi connectivity index (χ0) is 18.6. The molecule has 1 heterocycles. The quantitative estimate of drug-likeness (QED) is 0.654. The van der Waals surface area contributed by atoms with E-state index in [1.165, 1.54) is 11.3 Å². The number of ether oxygens (including phenoxy) is 2. The van der Waals surface area contributed by atoms with Gasteiger partial charge < -0.3 is 25.0 Å². The Hall–Kier alpha value is -1.95. The molecule has 0 spiro atoms. The highest BCUT2D eigenvalue weighted by Gasteiger charge is 2.28. The van der Waals surface area contributed by atoms with Crippen LogP contribution >= 0.6 is 0 Å². The van der Waals surface area contributed by atoms with Crippen LogP contribution in [-0.4, -0.2) is 50.4 Å². The summed E-state index contributed by atoms with van der Waals surface area (Å²) < 4.78 is 10.6. The standard InChI is InChI=1S/C19H31N3O3/c1-19(2,3)25-18(23)22-11-9-14-15(13-22)16(20)7-8-17(14)21(4)10-6-12-24-5/h7-8H,6,9-13,20H2,1-5H3. The molecule has 2 rings (SSSR count). The van der Waals surface area contributed by atoms with Crippen molar-refractivity contribution in [1.29, 1.82) is 0 Å². The van der Waals surface area contributed by atoms with Crippen LogP contribution in [0.1, 0.15) is 38.3 Å². The summed E-state index contributed by atoms with van der Waals surface area (Å²) in [4.78, 5) is 16.3. The Morgan fingerprint density at radius 1 is 1.32 bits per heavy atom. The number of hydrogen-bond acceptors (Lipinski definition) is 5. The van der Waals surface area contributed by atoms with Gasteiger partial charge in [-0.05, 0) is 56.9 Å². The van der Waals surface area contributed by atoms with Crippen LogP contribution in [0, 0.1) is 0 Å². The Morgan fingerprint density at radius 2 is 2.04 bits per heavy atom. The Kier molecular flexibility index (Phi) is 6.16. The highest BCUT2D eigenvalue weighted by molar-refractivity contribution is 5.72. The third-order valence-electron chi connectivity index (χ3n) is 4.33. The van der Waals surface area contributed by atoms with Gasteiger partial charge >= 0.3 is 6.09 Å². The van der Waals surface area contributed by atoms with Crippen LogP contribution in [-0.2, 0) is 22.4 Å². The number of nitrogens with two attached hydrogens (primary N) is 1. The normalized spacial score (nSPS) is 14.2. The van der Waals surface area contributed by atoms with Crippen LogP contribution in [0.4, 0.5) is 16.2 Å². The van der Waals surface area contributed by atoms with E-state index in [2.05, 4.69) is 18.0 Å². The molecule has 1 aromatic rings. The fourth-order valence-electron chi connectivity index (χ4n) is 3.09. The lowest BCUT2D eigenvalue weighted by molar-refractivity contribution is 0.0224. The minimum atomic E-state index is -0.494. The van der Waals surface area contributed by atoms with Gasteiger partial charge in [0.15, 0.2) is 0 Å². The second kappa shape index (κ2) is 7.95. The monoisotopic (exact) mass is 349 g/mol. The van der Waals surface area contributed by atoms with Gasteiger partial charge in [0.25, 0.3) is 0 Å². The highest BCUT2D eigenvalue weighted by atomic mass is 16.6. The molecule has 6 heteroatoms. The molecule has 6 nitrogen and oxygen atoms in total. The van der Waals surface area contributed by atoms with E-state index in [9.17, 15) is 4.79 Å². The number of rotatable bonds is 5. The second-order valence-electron chi connectivity index (χ2n) is 7.55. The smallest absolute Gasteiger partial charge is 0.410 e. The summed E-state index contributed by atoms with van der Waals surface area (Å²) in [6, 6.07) is 4.00. The number of hydrogen-bond donors (Lipinski definition) is 1. The van der Waals surface area contributed by atoms with E-state index in [0.717, 1.165) is 37.2 Å². The van der Waals surface area contributed by atoms with E-state index in [1.807, 2.05) is 26.8 Å². The summed E-state index contributed by atoms with van der Waals surface area (Å²) in [6.45, 7) is 8.44. The van der Waals surface area contributed by atoms with Gasteiger partial charge in [-0.25, -0.2) is 4.79 Å². The molecule has 1 aliphatic rings. The molecule has 1 amide bonds. The lowest BCUT2D eigenvalue weighted by atomic mass is 9.95. The largest absolute Gasteiger partial charge is 0.444 e. The molecule has 1 aromatic carbocycles. The van der Waals surface area contributed by atoms with Crippen molar-refractivity contribution in [2.45, 2.75) is 45.8 Å². The van der Waals surface area contributed by atoms with Crippen molar-refractivity contribution in [3.05, 3.63) is 23.3 Å². The molecule has 0 saturated carbocycles. The van der Waals surface area contributed by atoms with Crippen molar-refractivity contribution < 1.29 is 14.3 Å². The molecular weight excluding hydrogens is 318 g/mol. The first kappa shape index (κ1) is 19.4. The number of carbonyl (C=O) groups excluding carboxylic acids is 1. The van der Waals surface area contributed by atoms with Crippen LogP contribution in [0.2, 0.25) is 0 Å². The summed E-state index contributed by atoms with van der Waals surface area (Å²) in [5.41, 5.74) is 9.90. The fraction of sp³-hybridized carbons (Fsp3) is 0.632. The number of amides is 1. The van der Waals surface area contributed by atoms with Crippen LogP contribution in [0.15, 0.2) is 12.1 Å². The predicted octanol–water partition coefficient (Wildman–Crippen LogP) is 3.03. The maximum Gasteiger partial charge on any atom is 0.410 e. The SMILES string of the molecule is COCCCN(C)c1ccc(N)c2c1CCN(C(=O)OC(C)(C)C)C2. The van der Waals surface area contributed by atoms with Gasteiger partial charge in [-0.3, -0.25) is 0 Å². The maximum absolute atomic E-state index is 12.4. The number of nitrogen functional groups attached to an aromatic ring is 1. The van der Waals surface area contributed by atoms with Crippen LogP contribution < -0.4 is 10.6 Å². The Morgan fingerprint density at radius 3 is 2.68 bits per heavy atom. The summed E-state index contributed by atoms with van der Waals surface area (Å²) >= 11 is 0. The third-order valence-corrected chi connectivity index (χ3v) is 4.33. The van der Waals surface area contributed by atoms with Gasteiger partial charge in [0.1, 0.15) is 5.60 Å². The molecule has 0 saturated heterocycles. The minimum absolute atomic E-state index is 0.281. The van der Waals surface area contributed by atoms with Crippen molar-refractivity contribution in [3.63, 3.8) is 0 Å². The average molecular weight is 349 g/mol. The molecule has 0 radical (unpaired) electrons. The summed E-state index contributed by atoms with van der Waals surface area (Å²) in [7, 11) is 3.80. The van der Waals surface area contributed by atoms with Crippen LogP contribution in [0.3, 0.4) is 0 Å². The zero-order valence-corrected chi connectivity index (χ0v) is 16.1. The Labute approximate surface area is 150 Å². The van der Waals surface area contributed by atoms with Gasteiger partial charge in [-0.1, -0.05) is 0 Å². The topological polar surface area (TPSA) is 68.0 Å². The lowest BCUT2D eigenvalue weighted by Crippen LogP contribution is -2.40. The molecule has 0 unspecified atom stereocenters. The summed E-state index contributed by atoms with van der Waals surface area (Å²) in [5.74, 6) is 0. The lowest BCUT2D eigenvalue weighted by Gasteiger charge is -2.34. The van der Waals surface area contributed by atoms with Crippen molar-refractivity contribution in [2.75, 3.05) is 44.5 Å². The van der Waals surface area contributed by atoms with Gasteiger partial charge in [-0.2, -0.15) is 0 Å². The van der Waals surface area contributed by atoms with Crippen molar-refractivity contribution >= 4 is 17.5 Å². The number of carbonyl (C=O) groups is 1. The number of anilines is 2. The first-order valence-electron chi connectivity index (χ1n) is 8.81. The number of benzene rings is 1. The van der Waals surface area contributed by atoms with E-state index in [1.54, 1.807) is 12.0 Å². The predicted molar refractivity (Wildman–Crippen MR) is 101 cm³/mol. The maximum atomic E-state index is 12.4. The number of nitrogens with zero attached hydrogens (tertiary/aromatic N) is 2. The van der Waals surface area contributed by atoms with E-state index < -0.39 is 5.60 Å². The Balaban J connectivity index is 2.16. The first-order chi connectivity index (χ1) is 11.7. The molecular formula is C19H31N3O3. The average Bonchev–Trinajstić information content (AvgIpc) is 2.53. The molecule has 0 fully saturated rings. The van der Waals surface area contributed by atoms with Gasteiger partial charge in [0, 0.05) is 45.2 Å². The minimum Gasteiger partial charge on any atom is -0.444 e. The highest BCUT2D eigenvalue weighted by Crippen LogP contribution is 2.33. The number of methoxy groups -OCH3 is 1. The van der Waals surface area contributed by atoms with Gasteiger partial charge in [-0.15, -0.1) is 0 Å². The fourth-order valence-corrected chi connectivity index (χ4v) is 3.09. The molecule has 0 aromatic heterocycles. The Bertz CT molecular complexity index is 611. The van der Waals surface area contributed by atoms with E-state index in [4.69, 9.17) is 15.2 Å². The molecule has 0 bridgehead atoms. The van der Waals surface area contributed by atoms with Crippen molar-refractivity contribution in [3.8, 4) is 0 Å². The molecule has 0 aliphatic carbocycles. The van der Waals surface area contributed by atoms with Gasteiger partial charge in [0.05, 0.1) is 6.54 Å². The number of fused-ring (bicyclic) bond motifs is 1. The van der Waals surface area contributed by atoms with Crippen molar-refractivity contribution in [1.82, 2.24) is 4.90 Å². The molecule has 140 valence electrons. The molecule has 25 heavy (non-hydrogen) atoms. The second-order valence-corrected chi connectivity index (χ2v) is 7.55. The van der Waals surface area contributed by atoms with E-state index >= 15 is 0 Å². The van der Waals surface area contributed by atoms with Crippen LogP contribution in [0.25, 0.3) is 0 Å². The van der Waals surface area contributed by atoms with Gasteiger partial charge in [0.2, 0.25) is 0 Å². The molecule has 2 N–H and O–H groups in total. The van der Waals surface area contributed by atoms with Crippen molar-refractivity contribution in [2.24, 2.45) is 0 Å². The zero-order valence-electron chi connectivity index (χ0n) is 16.1. The van der Waals surface area contributed by atoms with E-state index in [0.29, 0.717) is 13.1 Å². The van der Waals surface area contributed by atoms with E-state index in [-0.39, 0.29) is 6.09 Å². The molecule has 0 atom stereocenters. The molecule has 1 aliphatic heterocycles. The summed E-state index contributed by atoms with van der Waals surface area (Å²) in [6.07, 6.45) is 1.47. The first-order valence-corrected chi connectivity index (χ1v) is 8.81. The summed E-state index contributed by atoms with van der Waals surface area (Å²) in [5, 5.41) is 0.